The fourth-order valence-corrected chi connectivity index (χ4v) is 1.91. The summed E-state index contributed by atoms with van der Waals surface area (Å²) in [6.07, 6.45) is 0.766. The Bertz CT molecular complexity index is 601. The zero-order valence-corrected chi connectivity index (χ0v) is 11.3. The van der Waals surface area contributed by atoms with Crippen molar-refractivity contribution >= 4 is 0 Å². The van der Waals surface area contributed by atoms with E-state index in [-0.39, 0.29) is 5.82 Å². The van der Waals surface area contributed by atoms with Gasteiger partial charge in [-0.3, -0.25) is 0 Å². The summed E-state index contributed by atoms with van der Waals surface area (Å²) in [4.78, 5) is 0. The van der Waals surface area contributed by atoms with E-state index < -0.39 is 6.10 Å². The number of halogens is 1. The SMILES string of the molecule is Cc1ccc(CCC(C#N)Oc2cccc(F)c2)cc1. The summed E-state index contributed by atoms with van der Waals surface area (Å²) >= 11 is 0. The number of nitriles is 1. The molecule has 0 fully saturated rings. The van der Waals surface area contributed by atoms with E-state index in [0.29, 0.717) is 12.2 Å². The van der Waals surface area contributed by atoms with Crippen molar-refractivity contribution in [3.05, 3.63) is 65.5 Å². The van der Waals surface area contributed by atoms with E-state index in [4.69, 9.17) is 10.00 Å². The molecule has 0 N–H and O–H groups in total. The highest BCUT2D eigenvalue weighted by atomic mass is 19.1. The smallest absolute Gasteiger partial charge is 0.184 e. The first-order chi connectivity index (χ1) is 9.67. The lowest BCUT2D eigenvalue weighted by atomic mass is 10.1. The molecule has 102 valence electrons. The minimum absolute atomic E-state index is 0.363. The van der Waals surface area contributed by atoms with Gasteiger partial charge in [0.25, 0.3) is 0 Å². The molecule has 0 amide bonds. The molecular weight excluding hydrogens is 253 g/mol. The van der Waals surface area contributed by atoms with E-state index in [1.807, 2.05) is 31.2 Å². The van der Waals surface area contributed by atoms with Crippen molar-refractivity contribution in [3.8, 4) is 11.8 Å². The molecule has 2 aromatic carbocycles. The first-order valence-electron chi connectivity index (χ1n) is 6.55. The summed E-state index contributed by atoms with van der Waals surface area (Å²) in [5, 5.41) is 9.11. The standard InChI is InChI=1S/C17H16FNO/c1-13-5-7-14(8-6-13)9-10-17(12-19)20-16-4-2-3-15(18)11-16/h2-8,11,17H,9-10H2,1H3. The van der Waals surface area contributed by atoms with Gasteiger partial charge in [0.1, 0.15) is 17.6 Å². The summed E-state index contributed by atoms with van der Waals surface area (Å²) in [5.41, 5.74) is 2.38. The Morgan fingerprint density at radius 3 is 2.60 bits per heavy atom. The normalized spacial score (nSPS) is 11.7. The van der Waals surface area contributed by atoms with Crippen molar-refractivity contribution in [1.82, 2.24) is 0 Å². The van der Waals surface area contributed by atoms with Crippen molar-refractivity contribution in [2.45, 2.75) is 25.9 Å². The van der Waals surface area contributed by atoms with E-state index in [9.17, 15) is 4.39 Å². The van der Waals surface area contributed by atoms with Crippen LogP contribution in [0.25, 0.3) is 0 Å². The molecule has 0 saturated heterocycles. The topological polar surface area (TPSA) is 33.0 Å². The first-order valence-corrected chi connectivity index (χ1v) is 6.55. The first kappa shape index (κ1) is 14.1. The van der Waals surface area contributed by atoms with E-state index in [0.717, 1.165) is 6.42 Å². The van der Waals surface area contributed by atoms with Crippen LogP contribution in [0, 0.1) is 24.1 Å². The molecule has 2 aromatic rings. The Morgan fingerprint density at radius 2 is 1.95 bits per heavy atom. The molecule has 0 saturated carbocycles. The van der Waals surface area contributed by atoms with Crippen molar-refractivity contribution in [1.29, 1.82) is 5.26 Å². The van der Waals surface area contributed by atoms with E-state index in [1.54, 1.807) is 12.1 Å². The average molecular weight is 269 g/mol. The van der Waals surface area contributed by atoms with Gasteiger partial charge in [-0.2, -0.15) is 5.26 Å². The predicted octanol–water partition coefficient (Wildman–Crippen LogP) is 4.04. The van der Waals surface area contributed by atoms with Gasteiger partial charge in [0.15, 0.2) is 6.10 Å². The van der Waals surface area contributed by atoms with Crippen LogP contribution >= 0.6 is 0 Å². The Morgan fingerprint density at radius 1 is 1.20 bits per heavy atom. The largest absolute Gasteiger partial charge is 0.475 e. The van der Waals surface area contributed by atoms with Gasteiger partial charge in [0.2, 0.25) is 0 Å². The lowest BCUT2D eigenvalue weighted by Crippen LogP contribution is -2.15. The molecular formula is C17H16FNO. The Labute approximate surface area is 118 Å². The van der Waals surface area contributed by atoms with Crippen LogP contribution in [0.5, 0.6) is 5.75 Å². The Hall–Kier alpha value is -2.34. The second kappa shape index (κ2) is 6.72. The molecule has 0 radical (unpaired) electrons. The third-order valence-electron chi connectivity index (χ3n) is 3.03. The maximum Gasteiger partial charge on any atom is 0.184 e. The maximum atomic E-state index is 13.0. The maximum absolute atomic E-state index is 13.0. The van der Waals surface area contributed by atoms with Crippen LogP contribution in [0.3, 0.4) is 0 Å². The highest BCUT2D eigenvalue weighted by Gasteiger charge is 2.10. The average Bonchev–Trinajstić information content (AvgIpc) is 2.45. The highest BCUT2D eigenvalue weighted by Crippen LogP contribution is 2.16. The summed E-state index contributed by atoms with van der Waals surface area (Å²) in [5.74, 6) is 0.0261. The second-order valence-corrected chi connectivity index (χ2v) is 4.72. The summed E-state index contributed by atoms with van der Waals surface area (Å²) < 4.78 is 18.5. The van der Waals surface area contributed by atoms with E-state index >= 15 is 0 Å². The summed E-state index contributed by atoms with van der Waals surface area (Å²) in [6, 6.07) is 16.1. The van der Waals surface area contributed by atoms with E-state index in [2.05, 4.69) is 6.07 Å². The van der Waals surface area contributed by atoms with Gasteiger partial charge < -0.3 is 4.74 Å². The van der Waals surface area contributed by atoms with Crippen LogP contribution in [-0.4, -0.2) is 6.10 Å². The second-order valence-electron chi connectivity index (χ2n) is 4.72. The Balaban J connectivity index is 1.93. The molecule has 3 heteroatoms. The summed E-state index contributed by atoms with van der Waals surface area (Å²) in [6.45, 7) is 2.04. The molecule has 0 bridgehead atoms. The number of hydrogen-bond donors (Lipinski definition) is 0. The van der Waals surface area contributed by atoms with Gasteiger partial charge in [0, 0.05) is 12.5 Å². The molecule has 1 atom stereocenters. The lowest BCUT2D eigenvalue weighted by Gasteiger charge is -2.12. The van der Waals surface area contributed by atoms with Gasteiger partial charge in [0.05, 0.1) is 0 Å². The van der Waals surface area contributed by atoms with Crippen LogP contribution < -0.4 is 4.74 Å². The zero-order chi connectivity index (χ0) is 14.4. The fraction of sp³-hybridized carbons (Fsp3) is 0.235. The van der Waals surface area contributed by atoms with Gasteiger partial charge in [-0.25, -0.2) is 4.39 Å². The van der Waals surface area contributed by atoms with Crippen molar-refractivity contribution in [2.75, 3.05) is 0 Å². The van der Waals surface area contributed by atoms with Gasteiger partial charge in [-0.05, 0) is 31.0 Å². The quantitative estimate of drug-likeness (QED) is 0.820. The molecule has 2 rings (SSSR count). The van der Waals surface area contributed by atoms with E-state index in [1.165, 1.54) is 23.3 Å². The van der Waals surface area contributed by atoms with Gasteiger partial charge >= 0.3 is 0 Å². The molecule has 0 aliphatic rings. The lowest BCUT2D eigenvalue weighted by molar-refractivity contribution is 0.244. The van der Waals surface area contributed by atoms with Crippen molar-refractivity contribution in [3.63, 3.8) is 0 Å². The van der Waals surface area contributed by atoms with Crippen molar-refractivity contribution in [2.24, 2.45) is 0 Å². The minimum Gasteiger partial charge on any atom is -0.475 e. The molecule has 0 spiro atoms. The van der Waals surface area contributed by atoms with Crippen LogP contribution in [0.15, 0.2) is 48.5 Å². The molecule has 0 aliphatic carbocycles. The van der Waals surface area contributed by atoms with Gasteiger partial charge in [-0.1, -0.05) is 35.9 Å². The van der Waals surface area contributed by atoms with Crippen molar-refractivity contribution < 1.29 is 9.13 Å². The summed E-state index contributed by atoms with van der Waals surface area (Å²) in [7, 11) is 0. The molecule has 1 unspecified atom stereocenters. The monoisotopic (exact) mass is 269 g/mol. The Kier molecular flexibility index (Phi) is 4.73. The van der Waals surface area contributed by atoms with Gasteiger partial charge in [-0.15, -0.1) is 0 Å². The number of ether oxygens (including phenoxy) is 1. The number of benzene rings is 2. The third kappa shape index (κ3) is 4.10. The fourth-order valence-electron chi connectivity index (χ4n) is 1.91. The molecule has 20 heavy (non-hydrogen) atoms. The number of nitrogens with zero attached hydrogens (tertiary/aromatic N) is 1. The number of hydrogen-bond acceptors (Lipinski definition) is 2. The van der Waals surface area contributed by atoms with Crippen LogP contribution in [0.2, 0.25) is 0 Å². The van der Waals surface area contributed by atoms with Crippen LogP contribution in [-0.2, 0) is 6.42 Å². The predicted molar refractivity (Wildman–Crippen MR) is 75.9 cm³/mol. The number of aryl methyl sites for hydroxylation is 2. The van der Waals surface area contributed by atoms with Crippen LogP contribution in [0.4, 0.5) is 4.39 Å². The molecule has 2 nitrogen and oxygen atoms in total. The molecule has 0 aromatic heterocycles. The highest BCUT2D eigenvalue weighted by molar-refractivity contribution is 5.24. The minimum atomic E-state index is -0.571. The van der Waals surface area contributed by atoms with Crippen LogP contribution in [0.1, 0.15) is 17.5 Å². The zero-order valence-electron chi connectivity index (χ0n) is 11.3. The third-order valence-corrected chi connectivity index (χ3v) is 3.03. The molecule has 0 heterocycles. The molecule has 0 aliphatic heterocycles. The number of rotatable bonds is 5.